The molecule has 0 unspecified atom stereocenters. The molecule has 5 nitrogen and oxygen atoms in total. The van der Waals surface area contributed by atoms with Gasteiger partial charge in [0.15, 0.2) is 10.8 Å². The van der Waals surface area contributed by atoms with Gasteiger partial charge in [-0.05, 0) is 12.8 Å². The Morgan fingerprint density at radius 1 is 1.47 bits per heavy atom. The van der Waals surface area contributed by atoms with Crippen molar-refractivity contribution in [2.45, 2.75) is 18.9 Å². The highest BCUT2D eigenvalue weighted by atomic mass is 35.5. The van der Waals surface area contributed by atoms with Crippen LogP contribution in [-0.4, -0.2) is 26.5 Å². The molecule has 2 aromatic heterocycles. The molecule has 1 aliphatic rings. The van der Waals surface area contributed by atoms with Gasteiger partial charge in [-0.25, -0.2) is 15.0 Å². The normalized spacial score (nSPS) is 21.3. The molecule has 1 fully saturated rings. The number of hydrogen-bond acceptors (Lipinski definition) is 4. The molecule has 0 aliphatic carbocycles. The van der Waals surface area contributed by atoms with Gasteiger partial charge in [-0.15, -0.1) is 0 Å². The molecular formula is C9H9ClN4O. The Bertz CT molecular complexity index is 492. The minimum Gasteiger partial charge on any atom is -0.370 e. The van der Waals surface area contributed by atoms with Gasteiger partial charge in [-0.3, -0.25) is 0 Å². The number of aromatic nitrogens is 4. The maximum absolute atomic E-state index is 5.91. The number of nitrogens with zero attached hydrogens (tertiary/aromatic N) is 3. The van der Waals surface area contributed by atoms with E-state index >= 15 is 0 Å². The summed E-state index contributed by atoms with van der Waals surface area (Å²) in [6.07, 6.45) is 3.52. The van der Waals surface area contributed by atoms with Crippen molar-refractivity contribution in [2.24, 2.45) is 0 Å². The van der Waals surface area contributed by atoms with Gasteiger partial charge in [0.2, 0.25) is 0 Å². The second-order valence-electron chi connectivity index (χ2n) is 3.49. The van der Waals surface area contributed by atoms with E-state index in [-0.39, 0.29) is 6.10 Å². The fraction of sp³-hybridized carbons (Fsp3) is 0.444. The quantitative estimate of drug-likeness (QED) is 0.751. The summed E-state index contributed by atoms with van der Waals surface area (Å²) in [5, 5.41) is 0.400. The minimum absolute atomic E-state index is 0.0512. The topological polar surface area (TPSA) is 63.7 Å². The van der Waals surface area contributed by atoms with Crippen molar-refractivity contribution in [1.82, 2.24) is 19.9 Å². The van der Waals surface area contributed by atoms with Crippen molar-refractivity contribution in [1.29, 1.82) is 0 Å². The highest BCUT2D eigenvalue weighted by molar-refractivity contribution is 6.33. The zero-order chi connectivity index (χ0) is 10.3. The van der Waals surface area contributed by atoms with Gasteiger partial charge in [-0.2, -0.15) is 0 Å². The Kier molecular flexibility index (Phi) is 2.07. The molecule has 1 aliphatic heterocycles. The lowest BCUT2D eigenvalue weighted by Crippen LogP contribution is -1.97. The first-order valence-electron chi connectivity index (χ1n) is 4.82. The highest BCUT2D eigenvalue weighted by Gasteiger charge is 2.21. The van der Waals surface area contributed by atoms with E-state index < -0.39 is 0 Å². The summed E-state index contributed by atoms with van der Waals surface area (Å²) >= 11 is 5.91. The Labute approximate surface area is 90.9 Å². The number of halogens is 1. The Morgan fingerprint density at radius 2 is 2.40 bits per heavy atom. The predicted molar refractivity (Wildman–Crippen MR) is 54.6 cm³/mol. The third kappa shape index (κ3) is 1.48. The number of ether oxygens (including phenoxy) is 1. The van der Waals surface area contributed by atoms with Crippen LogP contribution in [0, 0.1) is 0 Å². The van der Waals surface area contributed by atoms with Crippen LogP contribution in [0.1, 0.15) is 24.8 Å². The average Bonchev–Trinajstić information content (AvgIpc) is 2.86. The maximum Gasteiger partial charge on any atom is 0.182 e. The fourth-order valence-electron chi connectivity index (χ4n) is 1.76. The Hall–Kier alpha value is -1.20. The van der Waals surface area contributed by atoms with E-state index in [0.29, 0.717) is 16.3 Å². The van der Waals surface area contributed by atoms with E-state index in [0.717, 1.165) is 25.3 Å². The second kappa shape index (κ2) is 3.43. The predicted octanol–water partition coefficient (Wildman–Crippen LogP) is 1.86. The van der Waals surface area contributed by atoms with Crippen LogP contribution < -0.4 is 0 Å². The van der Waals surface area contributed by atoms with Crippen molar-refractivity contribution in [3.8, 4) is 0 Å². The number of aromatic amines is 1. The molecule has 0 spiro atoms. The van der Waals surface area contributed by atoms with Crippen molar-refractivity contribution >= 4 is 22.8 Å². The van der Waals surface area contributed by atoms with Crippen LogP contribution in [0.2, 0.25) is 5.15 Å². The van der Waals surface area contributed by atoms with Gasteiger partial charge in [0.05, 0.1) is 0 Å². The minimum atomic E-state index is 0.0512. The molecule has 1 saturated heterocycles. The standard InChI is InChI=1S/C9H9ClN4O/c10-7-6-9(12-4-11-7)14-8(13-6)5-2-1-3-15-5/h4-5H,1-3H2,(H,11,12,13,14)/t5-/m0/s1. The van der Waals surface area contributed by atoms with Crippen molar-refractivity contribution in [2.75, 3.05) is 6.61 Å². The molecule has 0 radical (unpaired) electrons. The van der Waals surface area contributed by atoms with Crippen molar-refractivity contribution in [3.05, 3.63) is 17.3 Å². The first-order chi connectivity index (χ1) is 7.34. The number of imidazole rings is 1. The first kappa shape index (κ1) is 9.06. The average molecular weight is 225 g/mol. The molecule has 15 heavy (non-hydrogen) atoms. The SMILES string of the molecule is Clc1ncnc2nc([C@@H]3CCCO3)[nH]c12. The van der Waals surface area contributed by atoms with Crippen LogP contribution in [0.5, 0.6) is 0 Å². The Balaban J connectivity index is 2.09. The van der Waals surface area contributed by atoms with Gasteiger partial charge < -0.3 is 9.72 Å². The molecule has 1 N–H and O–H groups in total. The van der Waals surface area contributed by atoms with Crippen molar-refractivity contribution < 1.29 is 4.74 Å². The third-order valence-electron chi connectivity index (χ3n) is 2.50. The maximum atomic E-state index is 5.91. The molecule has 3 rings (SSSR count). The molecule has 6 heteroatoms. The number of nitrogens with one attached hydrogen (secondary N) is 1. The number of H-pyrrole nitrogens is 1. The van der Waals surface area contributed by atoms with Crippen LogP contribution in [0.4, 0.5) is 0 Å². The van der Waals surface area contributed by atoms with E-state index in [9.17, 15) is 0 Å². The molecular weight excluding hydrogens is 216 g/mol. The van der Waals surface area contributed by atoms with Gasteiger partial charge in [0, 0.05) is 6.61 Å². The van der Waals surface area contributed by atoms with Crippen LogP contribution in [0.3, 0.4) is 0 Å². The molecule has 0 amide bonds. The van der Waals surface area contributed by atoms with Crippen molar-refractivity contribution in [3.63, 3.8) is 0 Å². The zero-order valence-electron chi connectivity index (χ0n) is 7.90. The highest BCUT2D eigenvalue weighted by Crippen LogP contribution is 2.28. The zero-order valence-corrected chi connectivity index (χ0v) is 8.66. The lowest BCUT2D eigenvalue weighted by molar-refractivity contribution is 0.106. The summed E-state index contributed by atoms with van der Waals surface area (Å²) in [5.74, 6) is 0.796. The molecule has 0 aromatic carbocycles. The summed E-state index contributed by atoms with van der Waals surface area (Å²) in [6.45, 7) is 0.793. The number of fused-ring (bicyclic) bond motifs is 1. The monoisotopic (exact) mass is 224 g/mol. The molecule has 3 heterocycles. The number of rotatable bonds is 1. The van der Waals surface area contributed by atoms with E-state index in [1.165, 1.54) is 6.33 Å². The number of hydrogen-bond donors (Lipinski definition) is 1. The smallest absolute Gasteiger partial charge is 0.182 e. The fourth-order valence-corrected chi connectivity index (χ4v) is 1.94. The molecule has 1 atom stereocenters. The molecule has 0 bridgehead atoms. The lowest BCUT2D eigenvalue weighted by Gasteiger charge is -2.03. The van der Waals surface area contributed by atoms with E-state index in [4.69, 9.17) is 16.3 Å². The summed E-state index contributed by atoms with van der Waals surface area (Å²) < 4.78 is 5.52. The van der Waals surface area contributed by atoms with Gasteiger partial charge >= 0.3 is 0 Å². The first-order valence-corrected chi connectivity index (χ1v) is 5.20. The Morgan fingerprint density at radius 3 is 3.13 bits per heavy atom. The van der Waals surface area contributed by atoms with Gasteiger partial charge in [0.1, 0.15) is 23.8 Å². The van der Waals surface area contributed by atoms with E-state index in [1.54, 1.807) is 0 Å². The third-order valence-corrected chi connectivity index (χ3v) is 2.78. The van der Waals surface area contributed by atoms with E-state index in [1.807, 2.05) is 0 Å². The van der Waals surface area contributed by atoms with Crippen LogP contribution >= 0.6 is 11.6 Å². The summed E-state index contributed by atoms with van der Waals surface area (Å²) in [6, 6.07) is 0. The second-order valence-corrected chi connectivity index (χ2v) is 3.84. The summed E-state index contributed by atoms with van der Waals surface area (Å²) in [4.78, 5) is 15.4. The van der Waals surface area contributed by atoms with E-state index in [2.05, 4.69) is 19.9 Å². The lowest BCUT2D eigenvalue weighted by atomic mass is 10.2. The van der Waals surface area contributed by atoms with Gasteiger partial charge in [-0.1, -0.05) is 11.6 Å². The largest absolute Gasteiger partial charge is 0.370 e. The van der Waals surface area contributed by atoms with Gasteiger partial charge in [0.25, 0.3) is 0 Å². The van der Waals surface area contributed by atoms with Crippen LogP contribution in [0.15, 0.2) is 6.33 Å². The molecule has 78 valence electrons. The summed E-state index contributed by atoms with van der Waals surface area (Å²) in [5.41, 5.74) is 1.28. The molecule has 0 saturated carbocycles. The summed E-state index contributed by atoms with van der Waals surface area (Å²) in [7, 11) is 0. The van der Waals surface area contributed by atoms with Crippen LogP contribution in [0.25, 0.3) is 11.2 Å². The molecule has 2 aromatic rings. The van der Waals surface area contributed by atoms with Crippen LogP contribution in [-0.2, 0) is 4.74 Å².